The summed E-state index contributed by atoms with van der Waals surface area (Å²) < 4.78 is 0. The van der Waals surface area contributed by atoms with E-state index in [2.05, 4.69) is 0 Å². The molecule has 0 N–H and O–H groups in total. The van der Waals surface area contributed by atoms with Crippen LogP contribution in [0, 0.1) is 9.81 Å². The molecule has 0 heterocycles. The first kappa shape index (κ1) is 15.7. The zero-order chi connectivity index (χ0) is 6.83. The van der Waals surface area contributed by atoms with Crippen LogP contribution in [0.4, 0.5) is 0 Å². The standard InChI is InChI=1S/2CNO2.Fe/c2*3-1-2-4;/q2*-1;+2. The molecule has 2 amide bonds. The van der Waals surface area contributed by atoms with Gasteiger partial charge in [0.1, 0.15) is 0 Å². The maximum atomic E-state index is 8.57. The SMILES string of the molecule is O=[C-]N=O.O=[C-]N=O.[Fe+2]. The van der Waals surface area contributed by atoms with Gasteiger partial charge in [-0.2, -0.15) is 9.81 Å². The summed E-state index contributed by atoms with van der Waals surface area (Å²) in [7, 11) is 0. The summed E-state index contributed by atoms with van der Waals surface area (Å²) >= 11 is 0. The second-order valence-electron chi connectivity index (χ2n) is 0.365. The van der Waals surface area contributed by atoms with Gasteiger partial charge in [-0.15, -0.1) is 0 Å². The molecule has 0 spiro atoms. The van der Waals surface area contributed by atoms with Crippen molar-refractivity contribution in [2.75, 3.05) is 0 Å². The van der Waals surface area contributed by atoms with Crippen molar-refractivity contribution in [2.24, 2.45) is 10.4 Å². The first-order valence-electron chi connectivity index (χ1n) is 1.22. The average molecular weight is 172 g/mol. The van der Waals surface area contributed by atoms with Gasteiger partial charge in [0.05, 0.1) is 0 Å². The Hall–Kier alpha value is -0.941. The second kappa shape index (κ2) is 27.7. The molecular weight excluding hydrogens is 172 g/mol. The number of hydrogen-bond donors (Lipinski definition) is 0. The third-order valence-corrected chi connectivity index (χ3v) is 0.0745. The van der Waals surface area contributed by atoms with Crippen molar-refractivity contribution in [3.05, 3.63) is 9.81 Å². The molecule has 7 heteroatoms. The van der Waals surface area contributed by atoms with E-state index in [1.807, 2.05) is 0 Å². The Morgan fingerprint density at radius 1 is 0.889 bits per heavy atom. The van der Waals surface area contributed by atoms with E-state index in [0.29, 0.717) is 0 Å². The number of hydrogen-bond acceptors (Lipinski definition) is 4. The molecule has 50 valence electrons. The predicted octanol–water partition coefficient (Wildman–Crippen LogP) is -0.362. The third-order valence-electron chi connectivity index (χ3n) is 0.0745. The van der Waals surface area contributed by atoms with Crippen LogP contribution in [0.15, 0.2) is 10.4 Å². The van der Waals surface area contributed by atoms with E-state index in [4.69, 9.17) is 19.4 Å². The van der Waals surface area contributed by atoms with Gasteiger partial charge in [0, 0.05) is 0 Å². The minimum absolute atomic E-state index is 0. The molecule has 6 nitrogen and oxygen atoms in total. The zero-order valence-electron chi connectivity index (χ0n) is 3.88. The van der Waals surface area contributed by atoms with Gasteiger partial charge >= 0.3 is 17.1 Å². The maximum Gasteiger partial charge on any atom is 2.00 e. The molecule has 0 fully saturated rings. The van der Waals surface area contributed by atoms with Crippen LogP contribution in [-0.4, -0.2) is 12.8 Å². The van der Waals surface area contributed by atoms with Gasteiger partial charge in [0.2, 0.25) is 0 Å². The minimum atomic E-state index is 0. The third kappa shape index (κ3) is 161. The summed E-state index contributed by atoms with van der Waals surface area (Å²) in [5, 5.41) is 3.36. The molecule has 0 saturated carbocycles. The van der Waals surface area contributed by atoms with Gasteiger partial charge in [-0.1, -0.05) is 12.8 Å². The van der Waals surface area contributed by atoms with Crippen molar-refractivity contribution in [3.63, 3.8) is 0 Å². The maximum absolute atomic E-state index is 8.57. The number of nitrogens with zero attached hydrogens (tertiary/aromatic N) is 2. The molecule has 0 bridgehead atoms. The van der Waals surface area contributed by atoms with Crippen molar-refractivity contribution in [1.82, 2.24) is 0 Å². The van der Waals surface area contributed by atoms with E-state index in [0.717, 1.165) is 12.8 Å². The summed E-state index contributed by atoms with van der Waals surface area (Å²) in [5.74, 6) is 0. The van der Waals surface area contributed by atoms with Gasteiger partial charge < -0.3 is 9.59 Å². The Bertz CT molecular complexity index is 70.6. The van der Waals surface area contributed by atoms with Gasteiger partial charge in [-0.3, -0.25) is 0 Å². The van der Waals surface area contributed by atoms with Crippen LogP contribution in [0.1, 0.15) is 0 Å². The van der Waals surface area contributed by atoms with Crippen molar-refractivity contribution < 1.29 is 26.7 Å². The fourth-order valence-corrected chi connectivity index (χ4v) is 0. The average Bonchev–Trinajstić information content (AvgIpc) is 1.88. The summed E-state index contributed by atoms with van der Waals surface area (Å²) in [5.41, 5.74) is 0. The Morgan fingerprint density at radius 3 is 1.00 bits per heavy atom. The minimum Gasteiger partial charge on any atom is -0.514 e. The Balaban J connectivity index is -0.0000000720. The fraction of sp³-hybridized carbons (Fsp3) is 0. The number of carbonyl (C=O) groups excluding carboxylic acids is 2. The first-order valence-corrected chi connectivity index (χ1v) is 1.22. The van der Waals surface area contributed by atoms with E-state index in [1.165, 1.54) is 0 Å². The number of amides is 2. The van der Waals surface area contributed by atoms with Crippen LogP contribution in [0.5, 0.6) is 0 Å². The van der Waals surface area contributed by atoms with Gasteiger partial charge in [-0.25, -0.2) is 10.4 Å². The monoisotopic (exact) mass is 172 g/mol. The van der Waals surface area contributed by atoms with Crippen LogP contribution >= 0.6 is 0 Å². The number of rotatable bonds is 2. The molecule has 0 aromatic heterocycles. The summed E-state index contributed by atoms with van der Waals surface area (Å²) in [4.78, 5) is 34.1. The van der Waals surface area contributed by atoms with Crippen molar-refractivity contribution in [1.29, 1.82) is 0 Å². The van der Waals surface area contributed by atoms with Crippen LogP contribution in [0.25, 0.3) is 0 Å². The normalized spacial score (nSPS) is 4.44. The van der Waals surface area contributed by atoms with Crippen LogP contribution in [0.3, 0.4) is 0 Å². The molecular formula is C2FeN2O4. The molecule has 0 rings (SSSR count). The van der Waals surface area contributed by atoms with E-state index in [1.54, 1.807) is 10.4 Å². The molecule has 0 unspecified atom stereocenters. The van der Waals surface area contributed by atoms with E-state index >= 15 is 0 Å². The quantitative estimate of drug-likeness (QED) is 0.322. The Labute approximate surface area is 60.4 Å². The van der Waals surface area contributed by atoms with Crippen LogP contribution < -0.4 is 0 Å². The Morgan fingerprint density at radius 2 is 1.00 bits per heavy atom. The smallest absolute Gasteiger partial charge is 0.514 e. The van der Waals surface area contributed by atoms with Gasteiger partial charge in [-0.05, 0) is 0 Å². The van der Waals surface area contributed by atoms with Gasteiger partial charge in [0.15, 0.2) is 0 Å². The van der Waals surface area contributed by atoms with Crippen molar-refractivity contribution in [3.8, 4) is 0 Å². The largest absolute Gasteiger partial charge is 2.00 e. The molecule has 0 aliphatic rings. The van der Waals surface area contributed by atoms with Crippen molar-refractivity contribution in [2.45, 2.75) is 0 Å². The first-order chi connectivity index (χ1) is 3.83. The second-order valence-corrected chi connectivity index (χ2v) is 0.365. The fourth-order valence-electron chi connectivity index (χ4n) is 0. The van der Waals surface area contributed by atoms with E-state index in [9.17, 15) is 0 Å². The van der Waals surface area contributed by atoms with E-state index in [-0.39, 0.29) is 17.1 Å². The molecule has 0 atom stereocenters. The molecule has 0 aliphatic heterocycles. The van der Waals surface area contributed by atoms with E-state index < -0.39 is 0 Å². The van der Waals surface area contributed by atoms with Gasteiger partial charge in [0.25, 0.3) is 0 Å². The zero-order valence-corrected chi connectivity index (χ0v) is 4.99. The molecule has 0 radical (unpaired) electrons. The summed E-state index contributed by atoms with van der Waals surface area (Å²) in [6.45, 7) is 0. The molecule has 9 heavy (non-hydrogen) atoms. The van der Waals surface area contributed by atoms with Crippen LogP contribution in [0.2, 0.25) is 0 Å². The predicted molar refractivity (Wildman–Crippen MR) is 23.0 cm³/mol. The molecule has 0 aliphatic carbocycles. The van der Waals surface area contributed by atoms with Crippen LogP contribution in [-0.2, 0) is 26.7 Å². The summed E-state index contributed by atoms with van der Waals surface area (Å²) in [6.07, 6.45) is 1.50. The van der Waals surface area contributed by atoms with Crippen molar-refractivity contribution >= 4 is 12.8 Å². The molecule has 0 saturated heterocycles. The topological polar surface area (TPSA) is 93.0 Å². The Kier molecular flexibility index (Phi) is 48.3. The number of nitroso groups, excluding NO2 is 2. The summed E-state index contributed by atoms with van der Waals surface area (Å²) in [6, 6.07) is 0. The molecule has 0 aromatic carbocycles. The molecule has 0 aromatic rings.